The second-order valence-electron chi connectivity index (χ2n) is 13.0. The van der Waals surface area contributed by atoms with Crippen LogP contribution in [0, 0.1) is 13.8 Å². The molecular formula is C44H31BN2S. The Morgan fingerprint density at radius 2 is 0.979 bits per heavy atom. The Hall–Kier alpha value is -5.45. The fourth-order valence-electron chi connectivity index (χ4n) is 8.24. The molecule has 1 aliphatic rings. The zero-order valence-electron chi connectivity index (χ0n) is 26.8. The van der Waals surface area contributed by atoms with E-state index in [1.807, 2.05) is 11.8 Å². The predicted octanol–water partition coefficient (Wildman–Crippen LogP) is 9.48. The van der Waals surface area contributed by atoms with E-state index in [0.29, 0.717) is 0 Å². The summed E-state index contributed by atoms with van der Waals surface area (Å²) in [5, 5.41) is 5.07. The van der Waals surface area contributed by atoms with Crippen molar-refractivity contribution in [3.8, 4) is 11.4 Å². The van der Waals surface area contributed by atoms with E-state index in [0.717, 1.165) is 0 Å². The Balaban J connectivity index is 1.24. The minimum Gasteiger partial charge on any atom is -0.309 e. The van der Waals surface area contributed by atoms with Gasteiger partial charge in [-0.1, -0.05) is 136 Å². The van der Waals surface area contributed by atoms with E-state index < -0.39 is 0 Å². The number of hydrogen-bond donors (Lipinski definition) is 0. The predicted molar refractivity (Wildman–Crippen MR) is 206 cm³/mol. The summed E-state index contributed by atoms with van der Waals surface area (Å²) in [5.41, 5.74) is 14.2. The number of benzene rings is 7. The molecule has 0 unspecified atom stereocenters. The van der Waals surface area contributed by atoms with Gasteiger partial charge in [-0.2, -0.15) is 0 Å². The molecule has 3 heterocycles. The lowest BCUT2D eigenvalue weighted by Gasteiger charge is -2.28. The second kappa shape index (κ2) is 10.5. The maximum absolute atomic E-state index is 2.48. The molecule has 0 bridgehead atoms. The normalized spacial score (nSPS) is 12.7. The van der Waals surface area contributed by atoms with Gasteiger partial charge in [-0.3, -0.25) is 0 Å². The smallest absolute Gasteiger partial charge is 0.244 e. The van der Waals surface area contributed by atoms with Crippen LogP contribution in [0.2, 0.25) is 0 Å². The van der Waals surface area contributed by atoms with E-state index in [9.17, 15) is 0 Å². The maximum atomic E-state index is 2.48. The lowest BCUT2D eigenvalue weighted by molar-refractivity contribution is 1.16. The Kier molecular flexibility index (Phi) is 6.07. The average molecular weight is 631 g/mol. The summed E-state index contributed by atoms with van der Waals surface area (Å²) < 4.78 is 4.89. The van der Waals surface area contributed by atoms with Crippen LogP contribution in [-0.4, -0.2) is 15.8 Å². The molecule has 2 nitrogen and oxygen atoms in total. The highest BCUT2D eigenvalue weighted by molar-refractivity contribution is 8.00. The first-order chi connectivity index (χ1) is 23.7. The molecule has 0 amide bonds. The Morgan fingerprint density at radius 1 is 0.417 bits per heavy atom. The summed E-state index contributed by atoms with van der Waals surface area (Å²) in [7, 11) is 0. The molecule has 226 valence electrons. The van der Waals surface area contributed by atoms with Crippen LogP contribution in [0.4, 0.5) is 0 Å². The van der Waals surface area contributed by atoms with E-state index in [2.05, 4.69) is 175 Å². The maximum Gasteiger partial charge on any atom is 0.244 e. The Labute approximate surface area is 284 Å². The van der Waals surface area contributed by atoms with Crippen LogP contribution < -0.4 is 16.4 Å². The molecule has 0 N–H and O–H groups in total. The summed E-state index contributed by atoms with van der Waals surface area (Å²) in [6, 6.07) is 56.1. The molecule has 0 saturated carbocycles. The van der Waals surface area contributed by atoms with E-state index in [-0.39, 0.29) is 6.71 Å². The molecular weight excluding hydrogens is 599 g/mol. The van der Waals surface area contributed by atoms with Crippen LogP contribution in [0.3, 0.4) is 0 Å². The van der Waals surface area contributed by atoms with Crippen LogP contribution in [0.1, 0.15) is 11.1 Å². The largest absolute Gasteiger partial charge is 0.309 e. The Morgan fingerprint density at radius 3 is 1.67 bits per heavy atom. The fraction of sp³-hybridized carbons (Fsp3) is 0.0455. The van der Waals surface area contributed by atoms with Crippen LogP contribution in [0.5, 0.6) is 0 Å². The summed E-state index contributed by atoms with van der Waals surface area (Å²) in [6.45, 7) is 4.72. The fourth-order valence-corrected chi connectivity index (χ4v) is 9.42. The zero-order chi connectivity index (χ0) is 31.9. The number of para-hydroxylation sites is 3. The van der Waals surface area contributed by atoms with Crippen molar-refractivity contribution in [1.29, 1.82) is 0 Å². The first kappa shape index (κ1) is 27.6. The third-order valence-corrected chi connectivity index (χ3v) is 11.5. The van der Waals surface area contributed by atoms with Gasteiger partial charge in [0.05, 0.1) is 22.1 Å². The van der Waals surface area contributed by atoms with E-state index >= 15 is 0 Å². The molecule has 0 fully saturated rings. The average Bonchev–Trinajstić information content (AvgIpc) is 3.62. The molecule has 9 aromatic rings. The van der Waals surface area contributed by atoms with Crippen molar-refractivity contribution in [3.05, 3.63) is 163 Å². The Bertz CT molecular complexity index is 2720. The van der Waals surface area contributed by atoms with Crippen LogP contribution in [0.25, 0.3) is 55.0 Å². The number of nitrogens with zero attached hydrogens (tertiary/aromatic N) is 2. The number of fused-ring (bicyclic) bond motifs is 8. The quantitative estimate of drug-likeness (QED) is 0.177. The molecule has 7 aromatic carbocycles. The van der Waals surface area contributed by atoms with Crippen molar-refractivity contribution >= 4 is 78.5 Å². The van der Waals surface area contributed by atoms with Gasteiger partial charge in [-0.05, 0) is 68.4 Å². The van der Waals surface area contributed by atoms with E-state index in [1.165, 1.54) is 92.3 Å². The van der Waals surface area contributed by atoms with Crippen molar-refractivity contribution in [2.24, 2.45) is 0 Å². The van der Waals surface area contributed by atoms with E-state index in [1.54, 1.807) is 0 Å². The summed E-state index contributed by atoms with van der Waals surface area (Å²) in [6.07, 6.45) is 0. The number of hydrogen-bond acceptors (Lipinski definition) is 1. The lowest BCUT2D eigenvalue weighted by atomic mass is 9.35. The molecule has 0 spiro atoms. The van der Waals surface area contributed by atoms with Crippen LogP contribution in [0.15, 0.2) is 161 Å². The second-order valence-corrected chi connectivity index (χ2v) is 14.1. The molecule has 0 radical (unpaired) electrons. The minimum absolute atomic E-state index is 0.203. The molecule has 2 aromatic heterocycles. The number of aryl methyl sites for hydroxylation is 2. The zero-order valence-corrected chi connectivity index (χ0v) is 27.6. The third-order valence-electron chi connectivity index (χ3n) is 10.3. The van der Waals surface area contributed by atoms with Gasteiger partial charge in [-0.15, -0.1) is 0 Å². The first-order valence-corrected chi connectivity index (χ1v) is 17.5. The molecule has 4 heteroatoms. The highest BCUT2D eigenvalue weighted by Crippen LogP contribution is 2.40. The summed E-state index contributed by atoms with van der Waals surface area (Å²) in [5.74, 6) is 0. The standard InChI is InChI=1S/C44H31BN2S/c1-28-13-12-14-29(2)44(28)45-36-19-8-11-22-42(36)48-43-25-31(23-24-37(43)45)47-39-21-10-7-18-33(39)35-26-40-34(27-41(35)47)32-17-6-9-20-38(32)46(40)30-15-4-3-5-16-30/h3-27H,1-2H3. The first-order valence-electron chi connectivity index (χ1n) is 16.6. The van der Waals surface area contributed by atoms with Gasteiger partial charge in [0.1, 0.15) is 0 Å². The monoisotopic (exact) mass is 630 g/mol. The minimum atomic E-state index is 0.203. The molecule has 0 aliphatic carbocycles. The molecule has 1 aliphatic heterocycles. The highest BCUT2D eigenvalue weighted by Gasteiger charge is 2.33. The van der Waals surface area contributed by atoms with Gasteiger partial charge >= 0.3 is 0 Å². The van der Waals surface area contributed by atoms with Gasteiger partial charge in [0, 0.05) is 42.7 Å². The van der Waals surface area contributed by atoms with Crippen molar-refractivity contribution in [3.63, 3.8) is 0 Å². The molecule has 10 rings (SSSR count). The molecule has 0 saturated heterocycles. The molecule has 48 heavy (non-hydrogen) atoms. The summed E-state index contributed by atoms with van der Waals surface area (Å²) in [4.78, 5) is 2.67. The van der Waals surface area contributed by atoms with E-state index in [4.69, 9.17) is 0 Å². The third kappa shape index (κ3) is 3.96. The van der Waals surface area contributed by atoms with Gasteiger partial charge in [0.2, 0.25) is 6.71 Å². The van der Waals surface area contributed by atoms with Gasteiger partial charge in [-0.25, -0.2) is 0 Å². The molecule has 0 atom stereocenters. The van der Waals surface area contributed by atoms with Gasteiger partial charge in [0.25, 0.3) is 0 Å². The van der Waals surface area contributed by atoms with Crippen LogP contribution in [-0.2, 0) is 0 Å². The van der Waals surface area contributed by atoms with Crippen molar-refractivity contribution in [1.82, 2.24) is 9.13 Å². The number of aromatic nitrogens is 2. The van der Waals surface area contributed by atoms with Crippen molar-refractivity contribution in [2.75, 3.05) is 0 Å². The lowest BCUT2D eigenvalue weighted by Crippen LogP contribution is -2.56. The SMILES string of the molecule is Cc1cccc(C)c1B1c2ccccc2Sc2cc(-n3c4ccccc4c4cc5c(cc43)c3ccccc3n5-c3ccccc3)ccc21. The van der Waals surface area contributed by atoms with Crippen LogP contribution >= 0.6 is 11.8 Å². The van der Waals surface area contributed by atoms with Gasteiger partial charge in [0.15, 0.2) is 0 Å². The highest BCUT2D eigenvalue weighted by atomic mass is 32.2. The topological polar surface area (TPSA) is 9.86 Å². The summed E-state index contributed by atoms with van der Waals surface area (Å²) >= 11 is 1.90. The van der Waals surface area contributed by atoms with Gasteiger partial charge < -0.3 is 9.13 Å². The van der Waals surface area contributed by atoms with Crippen molar-refractivity contribution < 1.29 is 0 Å². The number of rotatable bonds is 3. The van der Waals surface area contributed by atoms with Crippen molar-refractivity contribution in [2.45, 2.75) is 23.6 Å².